The number of nitrogens with two attached hydrogens (primary N) is 1. The largest absolute Gasteiger partial charge is 0.442 e. The number of hydroxylamine groups is 1. The summed E-state index contributed by atoms with van der Waals surface area (Å²) in [6, 6.07) is 0. The Morgan fingerprint density at radius 3 is 0.867 bits per heavy atom. The Kier molecular flexibility index (Phi) is 34.6. The van der Waals surface area contributed by atoms with Crippen LogP contribution in [0.1, 0.15) is 20.8 Å². The number of nitrogens with one attached hydrogen (secondary N) is 1. The van der Waals surface area contributed by atoms with Gasteiger partial charge in [0.15, 0.2) is 0 Å². The smallest absolute Gasteiger partial charge is 0.431 e. The fourth-order valence-electron chi connectivity index (χ4n) is 2.89. The van der Waals surface area contributed by atoms with E-state index in [1.807, 2.05) is 0 Å². The van der Waals surface area contributed by atoms with Crippen molar-refractivity contribution in [2.75, 3.05) is 159 Å². The Morgan fingerprint density at radius 2 is 0.644 bits per heavy atom. The Hall–Kier alpha value is -1.25. The van der Waals surface area contributed by atoms with E-state index in [1.165, 1.54) is 0 Å². The van der Waals surface area contributed by atoms with Crippen molar-refractivity contribution in [3.8, 4) is 0 Å². The summed E-state index contributed by atoms with van der Waals surface area (Å²) in [5.41, 5.74) is 6.94. The second-order valence-corrected chi connectivity index (χ2v) is 9.98. The molecule has 0 saturated heterocycles. The van der Waals surface area contributed by atoms with E-state index in [2.05, 4.69) is 5.48 Å². The third-order valence-electron chi connectivity index (χ3n) is 4.87. The zero-order valence-corrected chi connectivity index (χ0v) is 27.8. The number of amides is 1. The highest BCUT2D eigenvalue weighted by Gasteiger charge is 2.15. The van der Waals surface area contributed by atoms with Crippen LogP contribution in [0.5, 0.6) is 0 Å². The number of carbonyl (C=O) groups is 1. The van der Waals surface area contributed by atoms with Crippen LogP contribution >= 0.6 is 0 Å². The normalized spacial score (nSPS) is 11.7. The zero-order chi connectivity index (χ0) is 32.9. The molecule has 16 nitrogen and oxygen atoms in total. The Labute approximate surface area is 268 Å². The van der Waals surface area contributed by atoms with Gasteiger partial charge in [-0.15, -0.1) is 0 Å². The van der Waals surface area contributed by atoms with Gasteiger partial charge in [0, 0.05) is 6.54 Å². The van der Waals surface area contributed by atoms with Crippen LogP contribution in [0.15, 0.2) is 0 Å². The van der Waals surface area contributed by atoms with Gasteiger partial charge in [-0.25, -0.2) is 4.79 Å². The second-order valence-electron chi connectivity index (χ2n) is 9.98. The van der Waals surface area contributed by atoms with Crippen LogP contribution in [-0.4, -0.2) is 170 Å². The van der Waals surface area contributed by atoms with Crippen molar-refractivity contribution in [3.05, 3.63) is 0 Å². The minimum absolute atomic E-state index is 0.207. The summed E-state index contributed by atoms with van der Waals surface area (Å²) in [5, 5.41) is 0. The van der Waals surface area contributed by atoms with Crippen LogP contribution in [0.3, 0.4) is 0 Å². The van der Waals surface area contributed by atoms with E-state index < -0.39 is 11.7 Å². The van der Waals surface area contributed by atoms with Crippen molar-refractivity contribution < 1.29 is 66.5 Å². The minimum Gasteiger partial charge on any atom is -0.442 e. The van der Waals surface area contributed by atoms with Gasteiger partial charge in [0.1, 0.15) is 5.60 Å². The van der Waals surface area contributed by atoms with Crippen molar-refractivity contribution in [3.63, 3.8) is 0 Å². The van der Waals surface area contributed by atoms with Gasteiger partial charge in [-0.05, 0) is 20.8 Å². The summed E-state index contributed by atoms with van der Waals surface area (Å²) in [7, 11) is 0. The number of carbonyl (C=O) groups excluding carboxylic acids is 1. The van der Waals surface area contributed by atoms with Crippen LogP contribution in [0, 0.1) is 0 Å². The first-order chi connectivity index (χ1) is 22.0. The predicted molar refractivity (Wildman–Crippen MR) is 163 cm³/mol. The molecule has 0 saturated carbocycles. The molecule has 0 bridgehead atoms. The molecule has 45 heavy (non-hydrogen) atoms. The van der Waals surface area contributed by atoms with Crippen LogP contribution in [-0.2, 0) is 61.7 Å². The summed E-state index contributed by atoms with van der Waals surface area (Å²) in [4.78, 5) is 16.3. The maximum Gasteiger partial charge on any atom is 0.431 e. The molecule has 0 aromatic carbocycles. The van der Waals surface area contributed by atoms with Crippen LogP contribution in [0.25, 0.3) is 0 Å². The topological polar surface area (TPSA) is 175 Å². The van der Waals surface area contributed by atoms with E-state index in [9.17, 15) is 4.79 Å². The maximum absolute atomic E-state index is 11.4. The molecule has 0 aliphatic carbocycles. The molecule has 0 spiro atoms. The predicted octanol–water partition coefficient (Wildman–Crippen LogP) is 0.584. The molecule has 0 aromatic rings. The van der Waals surface area contributed by atoms with E-state index in [-0.39, 0.29) is 6.61 Å². The first-order valence-corrected chi connectivity index (χ1v) is 15.6. The average Bonchev–Trinajstić information content (AvgIpc) is 3.00. The molecule has 270 valence electrons. The quantitative estimate of drug-likeness (QED) is 0.0705. The summed E-state index contributed by atoms with van der Waals surface area (Å²) in [5.74, 6) is 0. The van der Waals surface area contributed by atoms with Gasteiger partial charge in [-0.2, -0.15) is 5.48 Å². The minimum atomic E-state index is -0.637. The second kappa shape index (κ2) is 35.6. The van der Waals surface area contributed by atoms with Crippen molar-refractivity contribution in [2.45, 2.75) is 26.4 Å². The number of hydrogen-bond acceptors (Lipinski definition) is 15. The Balaban J connectivity index is 3.09. The fraction of sp³-hybridized carbons (Fsp3) is 0.966. The highest BCUT2D eigenvalue weighted by Crippen LogP contribution is 2.06. The average molecular weight is 661 g/mol. The van der Waals surface area contributed by atoms with E-state index >= 15 is 0 Å². The lowest BCUT2D eigenvalue weighted by Gasteiger charge is -2.19. The SMILES string of the molecule is CC(C)(C)OC(=O)NOCCOCCOCCOCCOCCOCCOCCOCCOCCOCCOCCOCCN. The molecule has 0 unspecified atom stereocenters. The summed E-state index contributed by atoms with van der Waals surface area (Å²) in [6.45, 7) is 16.8. The first kappa shape index (κ1) is 43.8. The molecule has 16 heteroatoms. The third-order valence-corrected chi connectivity index (χ3v) is 4.87. The van der Waals surface area contributed by atoms with Crippen LogP contribution in [0.4, 0.5) is 4.79 Å². The summed E-state index contributed by atoms with van der Waals surface area (Å²) in [6.07, 6.45) is -0.637. The van der Waals surface area contributed by atoms with Crippen molar-refractivity contribution >= 4 is 6.09 Å². The van der Waals surface area contributed by atoms with E-state index in [0.717, 1.165) is 0 Å². The zero-order valence-electron chi connectivity index (χ0n) is 27.8. The highest BCUT2D eigenvalue weighted by atomic mass is 16.7. The molecule has 0 radical (unpaired) electrons. The molecule has 0 atom stereocenters. The molecule has 0 fully saturated rings. The molecule has 3 N–H and O–H groups in total. The molecular formula is C29H60N2O14. The van der Waals surface area contributed by atoms with Gasteiger partial charge in [0.05, 0.1) is 152 Å². The Morgan fingerprint density at radius 1 is 0.422 bits per heavy atom. The van der Waals surface area contributed by atoms with Gasteiger partial charge in [-0.3, -0.25) is 4.84 Å². The fourth-order valence-corrected chi connectivity index (χ4v) is 2.89. The lowest BCUT2D eigenvalue weighted by atomic mass is 10.2. The first-order valence-electron chi connectivity index (χ1n) is 15.6. The van der Waals surface area contributed by atoms with Crippen molar-refractivity contribution in [2.24, 2.45) is 5.73 Å². The van der Waals surface area contributed by atoms with Gasteiger partial charge >= 0.3 is 6.09 Å². The lowest BCUT2D eigenvalue weighted by Crippen LogP contribution is -2.33. The monoisotopic (exact) mass is 660 g/mol. The van der Waals surface area contributed by atoms with E-state index in [4.69, 9.17) is 67.4 Å². The van der Waals surface area contributed by atoms with Crippen molar-refractivity contribution in [1.29, 1.82) is 0 Å². The van der Waals surface area contributed by atoms with E-state index in [1.54, 1.807) is 20.8 Å². The van der Waals surface area contributed by atoms with E-state index in [0.29, 0.717) is 152 Å². The van der Waals surface area contributed by atoms with Crippen molar-refractivity contribution in [1.82, 2.24) is 5.48 Å². The summed E-state index contributed by atoms with van der Waals surface area (Å²) >= 11 is 0. The van der Waals surface area contributed by atoms with Crippen LogP contribution < -0.4 is 11.2 Å². The van der Waals surface area contributed by atoms with Gasteiger partial charge in [0.25, 0.3) is 0 Å². The molecule has 0 aromatic heterocycles. The van der Waals surface area contributed by atoms with Crippen LogP contribution in [0.2, 0.25) is 0 Å². The molecular weight excluding hydrogens is 600 g/mol. The van der Waals surface area contributed by atoms with Gasteiger partial charge in [0.2, 0.25) is 0 Å². The van der Waals surface area contributed by atoms with Gasteiger partial charge < -0.3 is 62.6 Å². The Bertz CT molecular complexity index is 602. The molecule has 0 aliphatic rings. The third kappa shape index (κ3) is 40.7. The number of ether oxygens (including phenoxy) is 12. The lowest BCUT2D eigenvalue weighted by molar-refractivity contribution is -0.0382. The molecule has 0 heterocycles. The number of rotatable bonds is 36. The summed E-state index contributed by atoms with van der Waals surface area (Å²) < 4.78 is 64.5. The highest BCUT2D eigenvalue weighted by molar-refractivity contribution is 5.66. The standard InChI is InChI=1S/C29H60N2O14/c1-29(2,3)45-28(32)31-44-27-26-43-25-24-42-23-22-41-21-20-40-19-18-39-17-16-38-15-14-37-13-12-36-11-10-35-9-8-34-7-6-33-5-4-30/h4-27,30H2,1-3H3,(H,31,32). The number of hydrogen-bond donors (Lipinski definition) is 2. The molecule has 0 rings (SSSR count). The molecule has 0 aliphatic heterocycles. The van der Waals surface area contributed by atoms with Gasteiger partial charge in [-0.1, -0.05) is 0 Å². The molecule has 1 amide bonds. The maximum atomic E-state index is 11.4.